The van der Waals surface area contributed by atoms with E-state index in [0.29, 0.717) is 0 Å². The topological polar surface area (TPSA) is 120 Å². The fourth-order valence-electron chi connectivity index (χ4n) is 0.537. The van der Waals surface area contributed by atoms with E-state index in [0.717, 1.165) is 0 Å². The van der Waals surface area contributed by atoms with Crippen LogP contribution in [0.2, 0.25) is 0 Å². The molecule has 0 saturated heterocycles. The zero-order chi connectivity index (χ0) is 11.4. The number of carbonyl (C=O) groups excluding carboxylic acids is 2. The first-order valence-electron chi connectivity index (χ1n) is 3.84. The van der Waals surface area contributed by atoms with E-state index in [1.807, 2.05) is 5.32 Å². The monoisotopic (exact) mass is 202 g/mol. The van der Waals surface area contributed by atoms with Crippen LogP contribution < -0.4 is 16.8 Å². The molecule has 0 rings (SSSR count). The van der Waals surface area contributed by atoms with Gasteiger partial charge in [-0.15, -0.1) is 4.99 Å². The molecule has 0 fully saturated rings. The Bertz CT molecular complexity index is 267. The second-order valence-corrected chi connectivity index (χ2v) is 3.47. The SMILES string of the molecule is CC(C)(C)OC(=O)/N=C(\N)NC(N)=O. The third-order valence-electron chi connectivity index (χ3n) is 0.857. The smallest absolute Gasteiger partial charge is 0.437 e. The Kier molecular flexibility index (Phi) is 3.88. The maximum atomic E-state index is 11.0. The summed E-state index contributed by atoms with van der Waals surface area (Å²) in [4.78, 5) is 24.5. The molecule has 7 heteroatoms. The molecule has 3 amide bonds. The second kappa shape index (κ2) is 4.45. The fourth-order valence-corrected chi connectivity index (χ4v) is 0.537. The van der Waals surface area contributed by atoms with Crippen LogP contribution in [0.1, 0.15) is 20.8 Å². The normalized spacial score (nSPS) is 12.1. The second-order valence-electron chi connectivity index (χ2n) is 3.47. The zero-order valence-corrected chi connectivity index (χ0v) is 8.33. The third kappa shape index (κ3) is 6.89. The van der Waals surface area contributed by atoms with Crippen LogP contribution >= 0.6 is 0 Å². The average molecular weight is 202 g/mol. The Balaban J connectivity index is 4.23. The highest BCUT2D eigenvalue weighted by Gasteiger charge is 2.15. The van der Waals surface area contributed by atoms with Crippen molar-refractivity contribution >= 4 is 18.1 Å². The van der Waals surface area contributed by atoms with Gasteiger partial charge in [0.2, 0.25) is 5.96 Å². The minimum Gasteiger partial charge on any atom is -0.442 e. The van der Waals surface area contributed by atoms with Crippen molar-refractivity contribution in [2.24, 2.45) is 16.5 Å². The van der Waals surface area contributed by atoms with Gasteiger partial charge in [0.15, 0.2) is 0 Å². The lowest BCUT2D eigenvalue weighted by atomic mass is 10.2. The van der Waals surface area contributed by atoms with Gasteiger partial charge in [0.25, 0.3) is 0 Å². The summed E-state index contributed by atoms with van der Waals surface area (Å²) >= 11 is 0. The molecule has 14 heavy (non-hydrogen) atoms. The number of nitrogens with zero attached hydrogens (tertiary/aromatic N) is 1. The number of rotatable bonds is 0. The van der Waals surface area contributed by atoms with Crippen LogP contribution in [-0.2, 0) is 4.74 Å². The highest BCUT2D eigenvalue weighted by atomic mass is 16.6. The number of hydrogen-bond donors (Lipinski definition) is 3. The highest BCUT2D eigenvalue weighted by molar-refractivity contribution is 5.98. The van der Waals surface area contributed by atoms with Crippen molar-refractivity contribution in [1.82, 2.24) is 5.32 Å². The Morgan fingerprint density at radius 2 is 1.79 bits per heavy atom. The van der Waals surface area contributed by atoms with Crippen LogP contribution in [0.25, 0.3) is 0 Å². The summed E-state index contributed by atoms with van der Waals surface area (Å²) in [6.07, 6.45) is -0.885. The van der Waals surface area contributed by atoms with E-state index in [1.54, 1.807) is 20.8 Å². The molecule has 80 valence electrons. The largest absolute Gasteiger partial charge is 0.442 e. The maximum Gasteiger partial charge on any atom is 0.437 e. The summed E-state index contributed by atoms with van der Waals surface area (Å²) in [5, 5.41) is 1.93. The van der Waals surface area contributed by atoms with Gasteiger partial charge in [-0.2, -0.15) is 0 Å². The Morgan fingerprint density at radius 3 is 2.14 bits per heavy atom. The van der Waals surface area contributed by atoms with Crippen molar-refractivity contribution < 1.29 is 14.3 Å². The van der Waals surface area contributed by atoms with Gasteiger partial charge in [0, 0.05) is 0 Å². The van der Waals surface area contributed by atoms with Crippen molar-refractivity contribution in [2.45, 2.75) is 26.4 Å². The van der Waals surface area contributed by atoms with Gasteiger partial charge >= 0.3 is 12.1 Å². The van der Waals surface area contributed by atoms with E-state index in [-0.39, 0.29) is 0 Å². The van der Waals surface area contributed by atoms with Gasteiger partial charge in [-0.25, -0.2) is 9.59 Å². The lowest BCUT2D eigenvalue weighted by Crippen LogP contribution is -2.41. The van der Waals surface area contributed by atoms with Gasteiger partial charge in [-0.1, -0.05) is 0 Å². The summed E-state index contributed by atoms with van der Waals surface area (Å²) in [5.74, 6) is -0.397. The number of primary amides is 1. The Morgan fingerprint density at radius 1 is 1.29 bits per heavy atom. The summed E-state index contributed by atoms with van der Waals surface area (Å²) in [7, 11) is 0. The molecule has 0 aromatic heterocycles. The van der Waals surface area contributed by atoms with Gasteiger partial charge in [0.1, 0.15) is 5.60 Å². The molecule has 0 spiro atoms. The molecule has 5 N–H and O–H groups in total. The van der Waals surface area contributed by atoms with Crippen molar-refractivity contribution in [1.29, 1.82) is 0 Å². The third-order valence-corrected chi connectivity index (χ3v) is 0.857. The highest BCUT2D eigenvalue weighted by Crippen LogP contribution is 2.07. The zero-order valence-electron chi connectivity index (χ0n) is 8.33. The summed E-state index contributed by atoms with van der Waals surface area (Å²) < 4.78 is 4.79. The standard InChI is InChI=1S/C7H14N4O3/c1-7(2,3)14-6(13)11-4(8)10-5(9)12/h1-3H3,(H5,8,9,10,11,12,13). The van der Waals surface area contributed by atoms with E-state index in [9.17, 15) is 9.59 Å². The molecule has 0 aromatic rings. The average Bonchev–Trinajstić information content (AvgIpc) is 1.77. The molecule has 0 aliphatic carbocycles. The predicted molar refractivity (Wildman–Crippen MR) is 50.6 cm³/mol. The molecule has 0 aliphatic rings. The summed E-state index contributed by atoms with van der Waals surface area (Å²) in [6, 6.07) is -0.894. The molecule has 7 nitrogen and oxygen atoms in total. The first-order chi connectivity index (χ1) is 6.20. The lowest BCUT2D eigenvalue weighted by molar-refractivity contribution is 0.0604. The number of hydrogen-bond acceptors (Lipinski definition) is 3. The van der Waals surface area contributed by atoms with E-state index < -0.39 is 23.7 Å². The van der Waals surface area contributed by atoms with Crippen LogP contribution in [0.15, 0.2) is 4.99 Å². The van der Waals surface area contributed by atoms with Crippen molar-refractivity contribution in [3.05, 3.63) is 0 Å². The molecule has 0 saturated carbocycles. The predicted octanol–water partition coefficient (Wildman–Crippen LogP) is -0.0955. The number of carbonyl (C=O) groups is 2. The van der Waals surface area contributed by atoms with Gasteiger partial charge < -0.3 is 16.2 Å². The number of guanidine groups is 1. The quantitative estimate of drug-likeness (QED) is 0.375. The molecule has 0 heterocycles. The molecular weight excluding hydrogens is 188 g/mol. The first-order valence-corrected chi connectivity index (χ1v) is 3.84. The van der Waals surface area contributed by atoms with Crippen LogP contribution in [0.5, 0.6) is 0 Å². The molecule has 0 aromatic carbocycles. The number of aliphatic imine (C=N–C) groups is 1. The first kappa shape index (κ1) is 12.2. The van der Waals surface area contributed by atoms with Crippen LogP contribution in [0, 0.1) is 0 Å². The molecule has 0 atom stereocenters. The van der Waals surface area contributed by atoms with Gasteiger partial charge in [0.05, 0.1) is 0 Å². The summed E-state index contributed by atoms with van der Waals surface area (Å²) in [6.45, 7) is 5.04. The van der Waals surface area contributed by atoms with Crippen molar-refractivity contribution in [3.63, 3.8) is 0 Å². The number of ether oxygens (including phenoxy) is 1. The van der Waals surface area contributed by atoms with E-state index >= 15 is 0 Å². The molecular formula is C7H14N4O3. The van der Waals surface area contributed by atoms with Crippen LogP contribution in [0.4, 0.5) is 9.59 Å². The fraction of sp³-hybridized carbons (Fsp3) is 0.571. The minimum atomic E-state index is -0.894. The van der Waals surface area contributed by atoms with Crippen molar-refractivity contribution in [3.8, 4) is 0 Å². The number of nitrogens with one attached hydrogen (secondary N) is 1. The number of urea groups is 1. The minimum absolute atomic E-state index is 0.397. The van der Waals surface area contributed by atoms with E-state index in [4.69, 9.17) is 16.2 Å². The van der Waals surface area contributed by atoms with Crippen LogP contribution in [-0.4, -0.2) is 23.7 Å². The molecule has 0 aliphatic heterocycles. The Hall–Kier alpha value is -1.79. The van der Waals surface area contributed by atoms with E-state index in [2.05, 4.69) is 4.99 Å². The van der Waals surface area contributed by atoms with Gasteiger partial charge in [-0.3, -0.25) is 5.32 Å². The molecule has 0 bridgehead atoms. The molecule has 0 radical (unpaired) electrons. The van der Waals surface area contributed by atoms with Crippen LogP contribution in [0.3, 0.4) is 0 Å². The number of amides is 3. The maximum absolute atomic E-state index is 11.0. The number of nitrogens with two attached hydrogens (primary N) is 2. The van der Waals surface area contributed by atoms with E-state index in [1.165, 1.54) is 0 Å². The summed E-state index contributed by atoms with van der Waals surface area (Å²) in [5.41, 5.74) is 9.21. The Labute approximate surface area is 81.5 Å². The van der Waals surface area contributed by atoms with Gasteiger partial charge in [-0.05, 0) is 20.8 Å². The lowest BCUT2D eigenvalue weighted by Gasteiger charge is -2.17. The van der Waals surface area contributed by atoms with Crippen molar-refractivity contribution in [2.75, 3.05) is 0 Å². The molecule has 0 unspecified atom stereocenters.